The number of amides is 2. The third-order valence-corrected chi connectivity index (χ3v) is 6.59. The van der Waals surface area contributed by atoms with Crippen molar-refractivity contribution >= 4 is 17.9 Å². The molecule has 8 heteroatoms. The zero-order valence-corrected chi connectivity index (χ0v) is 18.6. The van der Waals surface area contributed by atoms with Gasteiger partial charge < -0.3 is 15.4 Å². The molecule has 4 rings (SSSR count). The monoisotopic (exact) mass is 438 g/mol. The second-order valence-corrected chi connectivity index (χ2v) is 8.56. The molecule has 2 atom stereocenters. The first-order valence-corrected chi connectivity index (χ1v) is 11.5. The van der Waals surface area contributed by atoms with Crippen molar-refractivity contribution in [2.45, 2.75) is 57.7 Å². The smallest absolute Gasteiger partial charge is 0.408 e. The number of nitrogens with one attached hydrogen (secondary N) is 2. The van der Waals surface area contributed by atoms with Crippen LogP contribution in [0.15, 0.2) is 42.7 Å². The first-order valence-electron chi connectivity index (χ1n) is 11.5. The third kappa shape index (κ3) is 4.66. The zero-order chi connectivity index (χ0) is 22.4. The summed E-state index contributed by atoms with van der Waals surface area (Å²) in [6, 6.07) is 8.99. The first kappa shape index (κ1) is 22.4. The predicted molar refractivity (Wildman–Crippen MR) is 122 cm³/mol. The lowest BCUT2D eigenvalue weighted by Crippen LogP contribution is -2.71. The number of carbonyl (C=O) groups is 2. The summed E-state index contributed by atoms with van der Waals surface area (Å²) in [5, 5.41) is 6.21. The van der Waals surface area contributed by atoms with Gasteiger partial charge in [-0.3, -0.25) is 0 Å². The fraction of sp³-hybridized carbons (Fsp3) is 0.500. The molecule has 2 aliphatic rings. The Morgan fingerprint density at radius 3 is 2.53 bits per heavy atom. The maximum Gasteiger partial charge on any atom is 0.408 e. The Balaban J connectivity index is 1.53. The number of benzene rings is 1. The van der Waals surface area contributed by atoms with E-state index in [0.29, 0.717) is 18.9 Å². The van der Waals surface area contributed by atoms with Gasteiger partial charge in [0, 0.05) is 44.7 Å². The number of likely N-dealkylation sites (tertiary alicyclic amines) is 1. The van der Waals surface area contributed by atoms with E-state index in [-0.39, 0.29) is 23.0 Å². The quantitative estimate of drug-likeness (QED) is 0.674. The number of carbonyl (C=O) groups excluding carboxylic acids is 2. The molecule has 0 saturated carbocycles. The van der Waals surface area contributed by atoms with E-state index in [1.165, 1.54) is 0 Å². The van der Waals surface area contributed by atoms with Crippen molar-refractivity contribution in [1.82, 2.24) is 25.1 Å². The van der Waals surface area contributed by atoms with Gasteiger partial charge in [-0.1, -0.05) is 37.3 Å². The van der Waals surface area contributed by atoms with Crippen LogP contribution in [-0.4, -0.2) is 53.7 Å². The van der Waals surface area contributed by atoms with Crippen molar-refractivity contribution in [3.05, 3.63) is 53.9 Å². The summed E-state index contributed by atoms with van der Waals surface area (Å²) >= 11 is 0. The Morgan fingerprint density at radius 2 is 1.84 bits per heavy atom. The second-order valence-electron chi connectivity index (χ2n) is 8.56. The molecule has 0 aliphatic carbocycles. The SMILES string of the molecule is CCc1cnc([N@@+]2(C3CCNCC3)CCCC(NC(=O)OCc3ccccc3)C2=O)nc1. The van der Waals surface area contributed by atoms with E-state index in [4.69, 9.17) is 4.74 Å². The number of hydrogen-bond acceptors (Lipinski definition) is 6. The highest BCUT2D eigenvalue weighted by Crippen LogP contribution is 2.33. The lowest BCUT2D eigenvalue weighted by molar-refractivity contribution is -0.138. The number of quaternary nitrogens is 1. The molecule has 3 heterocycles. The van der Waals surface area contributed by atoms with E-state index in [0.717, 1.165) is 49.9 Å². The summed E-state index contributed by atoms with van der Waals surface area (Å²) in [7, 11) is 0. The summed E-state index contributed by atoms with van der Waals surface area (Å²) in [5.74, 6) is 0.507. The van der Waals surface area contributed by atoms with Crippen LogP contribution in [0, 0.1) is 0 Å². The number of aryl methyl sites for hydroxylation is 1. The van der Waals surface area contributed by atoms with E-state index in [1.54, 1.807) is 0 Å². The molecule has 2 amide bonds. The normalized spacial score (nSPS) is 24.2. The minimum Gasteiger partial charge on any atom is -0.445 e. The largest absolute Gasteiger partial charge is 0.445 e. The average molecular weight is 439 g/mol. The molecule has 1 aromatic heterocycles. The van der Waals surface area contributed by atoms with Crippen molar-refractivity contribution in [2.75, 3.05) is 19.6 Å². The molecule has 0 bridgehead atoms. The molecule has 1 unspecified atom stereocenters. The summed E-state index contributed by atoms with van der Waals surface area (Å²) in [6.45, 7) is 4.61. The van der Waals surface area contributed by atoms with Crippen LogP contribution in [-0.2, 0) is 22.6 Å². The van der Waals surface area contributed by atoms with Gasteiger partial charge in [-0.25, -0.2) is 9.59 Å². The maximum atomic E-state index is 13.9. The second kappa shape index (κ2) is 10.2. The van der Waals surface area contributed by atoms with Gasteiger partial charge in [-0.15, -0.1) is 0 Å². The van der Waals surface area contributed by atoms with Crippen molar-refractivity contribution in [3.63, 3.8) is 0 Å². The molecular weight excluding hydrogens is 406 g/mol. The molecule has 2 aromatic rings. The number of hydrogen-bond donors (Lipinski definition) is 2. The van der Waals surface area contributed by atoms with Gasteiger partial charge in [-0.05, 0) is 24.0 Å². The molecule has 170 valence electrons. The highest BCUT2D eigenvalue weighted by Gasteiger charge is 2.54. The Hall–Kier alpha value is -2.84. The lowest BCUT2D eigenvalue weighted by atomic mass is 9.94. The van der Waals surface area contributed by atoms with Crippen molar-refractivity contribution in [3.8, 4) is 0 Å². The Labute approximate surface area is 189 Å². The van der Waals surface area contributed by atoms with E-state index in [1.807, 2.05) is 42.7 Å². The number of aromatic nitrogens is 2. The minimum absolute atomic E-state index is 0.0379. The number of rotatable bonds is 6. The maximum absolute atomic E-state index is 13.9. The van der Waals surface area contributed by atoms with Crippen LogP contribution in [0.1, 0.15) is 43.7 Å². The van der Waals surface area contributed by atoms with Gasteiger partial charge in [0.25, 0.3) is 0 Å². The average Bonchev–Trinajstić information content (AvgIpc) is 2.85. The molecule has 1 aromatic carbocycles. The summed E-state index contributed by atoms with van der Waals surface area (Å²) in [4.78, 5) is 35.7. The van der Waals surface area contributed by atoms with Crippen LogP contribution >= 0.6 is 0 Å². The zero-order valence-electron chi connectivity index (χ0n) is 18.6. The van der Waals surface area contributed by atoms with Gasteiger partial charge in [0.1, 0.15) is 18.7 Å². The summed E-state index contributed by atoms with van der Waals surface area (Å²) in [6.07, 6.45) is 7.06. The Bertz CT molecular complexity index is 915. The van der Waals surface area contributed by atoms with E-state index < -0.39 is 12.1 Å². The standard InChI is InChI=1S/C24H31N5O3/c1-2-18-15-26-23(27-16-18)29(20-10-12-25-13-11-20)14-6-9-21(22(29)30)28-24(31)32-17-19-7-4-3-5-8-19/h3-5,7-8,15-16,20-21,25H,2,6,9-14,17H2,1H3/p+1/t21?,29-/m1/s1. The van der Waals surface area contributed by atoms with Crippen LogP contribution in [0.25, 0.3) is 0 Å². The molecule has 0 radical (unpaired) electrons. The van der Waals surface area contributed by atoms with Crippen LogP contribution < -0.4 is 15.1 Å². The van der Waals surface area contributed by atoms with Crippen molar-refractivity contribution in [2.24, 2.45) is 0 Å². The third-order valence-electron chi connectivity index (χ3n) is 6.59. The van der Waals surface area contributed by atoms with Gasteiger partial charge >= 0.3 is 17.9 Å². The molecule has 2 N–H and O–H groups in total. The molecule has 0 spiro atoms. The van der Waals surface area contributed by atoms with E-state index in [2.05, 4.69) is 27.5 Å². The molecule has 2 aliphatic heterocycles. The van der Waals surface area contributed by atoms with Crippen LogP contribution in [0.3, 0.4) is 0 Å². The lowest BCUT2D eigenvalue weighted by Gasteiger charge is -2.45. The Morgan fingerprint density at radius 1 is 1.12 bits per heavy atom. The van der Waals surface area contributed by atoms with Gasteiger partial charge in [0.15, 0.2) is 0 Å². The van der Waals surface area contributed by atoms with Crippen molar-refractivity contribution in [1.29, 1.82) is 0 Å². The highest BCUT2D eigenvalue weighted by molar-refractivity contribution is 5.94. The molecule has 2 fully saturated rings. The predicted octanol–water partition coefficient (Wildman–Crippen LogP) is 2.71. The van der Waals surface area contributed by atoms with Crippen LogP contribution in [0.4, 0.5) is 10.7 Å². The fourth-order valence-electron chi connectivity index (χ4n) is 4.81. The topological polar surface area (TPSA) is 93.2 Å². The summed E-state index contributed by atoms with van der Waals surface area (Å²) < 4.78 is 5.48. The highest BCUT2D eigenvalue weighted by atomic mass is 16.5. The van der Waals surface area contributed by atoms with E-state index in [9.17, 15) is 9.59 Å². The molecule has 32 heavy (non-hydrogen) atoms. The van der Waals surface area contributed by atoms with E-state index >= 15 is 0 Å². The number of piperidine rings is 2. The Kier molecular flexibility index (Phi) is 7.12. The first-order chi connectivity index (χ1) is 15.6. The van der Waals surface area contributed by atoms with Gasteiger partial charge in [0.2, 0.25) is 0 Å². The fourth-order valence-corrected chi connectivity index (χ4v) is 4.81. The van der Waals surface area contributed by atoms with Gasteiger partial charge in [-0.2, -0.15) is 14.5 Å². The van der Waals surface area contributed by atoms with Crippen LogP contribution in [0.2, 0.25) is 0 Å². The van der Waals surface area contributed by atoms with Crippen LogP contribution in [0.5, 0.6) is 0 Å². The van der Waals surface area contributed by atoms with Crippen molar-refractivity contribution < 1.29 is 14.3 Å². The molecule has 2 saturated heterocycles. The minimum atomic E-state index is -0.614. The molecule has 8 nitrogen and oxygen atoms in total. The number of ether oxygens (including phenoxy) is 1. The number of alkyl carbamates (subject to hydrolysis) is 1. The number of nitrogens with zero attached hydrogens (tertiary/aromatic N) is 3. The van der Waals surface area contributed by atoms with Gasteiger partial charge in [0.05, 0.1) is 6.54 Å². The summed E-state index contributed by atoms with van der Waals surface area (Å²) in [5.41, 5.74) is 1.95. The molecular formula is C24H32N5O3+.